The van der Waals surface area contributed by atoms with Crippen LogP contribution in [0.1, 0.15) is 11.5 Å². The van der Waals surface area contributed by atoms with E-state index in [0.717, 1.165) is 5.57 Å². The molecule has 8 nitrogen and oxygen atoms in total. The number of nitrogens with zero attached hydrogens (tertiary/aromatic N) is 5. The SMILES string of the molecule is CN1CC=C2C(C#N)=C(N)C(C#N)(C#N)[C@@H](c3ccc([N+](=O)[O-])cc3)[C@@H]2C1. The van der Waals surface area contributed by atoms with Crippen molar-refractivity contribution in [2.45, 2.75) is 5.92 Å². The van der Waals surface area contributed by atoms with Gasteiger partial charge in [0.2, 0.25) is 0 Å². The molecule has 0 fully saturated rings. The van der Waals surface area contributed by atoms with Gasteiger partial charge in [0.1, 0.15) is 6.07 Å². The summed E-state index contributed by atoms with van der Waals surface area (Å²) in [5, 5.41) is 40.4. The lowest BCUT2D eigenvalue weighted by Gasteiger charge is -2.45. The van der Waals surface area contributed by atoms with E-state index in [9.17, 15) is 25.9 Å². The van der Waals surface area contributed by atoms with Gasteiger partial charge in [-0.2, -0.15) is 15.8 Å². The molecule has 27 heavy (non-hydrogen) atoms. The summed E-state index contributed by atoms with van der Waals surface area (Å²) in [6.07, 6.45) is 1.90. The van der Waals surface area contributed by atoms with E-state index in [0.29, 0.717) is 18.7 Å². The molecule has 2 aliphatic rings. The highest BCUT2D eigenvalue weighted by atomic mass is 16.6. The number of benzene rings is 1. The van der Waals surface area contributed by atoms with Crippen molar-refractivity contribution in [1.82, 2.24) is 4.90 Å². The fraction of sp³-hybridized carbons (Fsp3) is 0.316. The van der Waals surface area contributed by atoms with E-state index in [1.54, 1.807) is 12.1 Å². The third-order valence-corrected chi connectivity index (χ3v) is 5.31. The maximum atomic E-state index is 11.0. The lowest BCUT2D eigenvalue weighted by atomic mass is 9.58. The van der Waals surface area contributed by atoms with Crippen LogP contribution in [0.2, 0.25) is 0 Å². The first-order chi connectivity index (χ1) is 12.9. The second-order valence-corrected chi connectivity index (χ2v) is 6.75. The number of non-ortho nitro benzene ring substituents is 1. The number of allylic oxidation sites excluding steroid dienone is 2. The monoisotopic (exact) mass is 360 g/mol. The Hall–Kier alpha value is -3.67. The molecule has 0 saturated heterocycles. The molecule has 134 valence electrons. The molecule has 1 aliphatic heterocycles. The summed E-state index contributed by atoms with van der Waals surface area (Å²) in [4.78, 5) is 12.5. The number of likely N-dealkylation sites (N-methyl/N-ethyl adjacent to an activating group) is 1. The molecular weight excluding hydrogens is 344 g/mol. The average Bonchev–Trinajstić information content (AvgIpc) is 2.67. The van der Waals surface area contributed by atoms with Gasteiger partial charge in [-0.25, -0.2) is 0 Å². The summed E-state index contributed by atoms with van der Waals surface area (Å²) < 4.78 is 0. The minimum absolute atomic E-state index is 0.0506. The molecule has 1 heterocycles. The lowest BCUT2D eigenvalue weighted by molar-refractivity contribution is -0.384. The Morgan fingerprint density at radius 3 is 2.41 bits per heavy atom. The van der Waals surface area contributed by atoms with Gasteiger partial charge in [0.15, 0.2) is 5.41 Å². The Morgan fingerprint density at radius 1 is 1.26 bits per heavy atom. The van der Waals surface area contributed by atoms with Crippen LogP contribution in [0.15, 0.2) is 47.2 Å². The first-order valence-corrected chi connectivity index (χ1v) is 8.25. The average molecular weight is 360 g/mol. The van der Waals surface area contributed by atoms with E-state index in [-0.39, 0.29) is 22.9 Å². The van der Waals surface area contributed by atoms with E-state index >= 15 is 0 Å². The van der Waals surface area contributed by atoms with Crippen LogP contribution >= 0.6 is 0 Å². The molecule has 0 radical (unpaired) electrons. The Labute approximate surface area is 156 Å². The highest BCUT2D eigenvalue weighted by molar-refractivity contribution is 5.59. The number of nitriles is 3. The maximum Gasteiger partial charge on any atom is 0.269 e. The van der Waals surface area contributed by atoms with Crippen molar-refractivity contribution in [3.8, 4) is 18.2 Å². The number of nitro benzene ring substituents is 1. The second kappa shape index (κ2) is 6.57. The Balaban J connectivity index is 2.28. The number of rotatable bonds is 2. The van der Waals surface area contributed by atoms with Gasteiger partial charge in [0.05, 0.1) is 28.3 Å². The zero-order valence-corrected chi connectivity index (χ0v) is 14.6. The van der Waals surface area contributed by atoms with Crippen molar-refractivity contribution in [2.24, 2.45) is 17.1 Å². The van der Waals surface area contributed by atoms with Gasteiger partial charge in [-0.3, -0.25) is 10.1 Å². The zero-order chi connectivity index (χ0) is 19.8. The topological polar surface area (TPSA) is 144 Å². The van der Waals surface area contributed by atoms with Crippen LogP contribution in [0.4, 0.5) is 5.69 Å². The first kappa shape index (κ1) is 18.1. The number of nitrogens with two attached hydrogens (primary N) is 1. The van der Waals surface area contributed by atoms with Crippen LogP contribution < -0.4 is 5.73 Å². The van der Waals surface area contributed by atoms with Gasteiger partial charge in [0, 0.05) is 37.1 Å². The van der Waals surface area contributed by atoms with Gasteiger partial charge in [-0.15, -0.1) is 0 Å². The highest BCUT2D eigenvalue weighted by Gasteiger charge is 2.54. The van der Waals surface area contributed by atoms with Crippen molar-refractivity contribution < 1.29 is 4.92 Å². The van der Waals surface area contributed by atoms with Gasteiger partial charge in [-0.1, -0.05) is 18.2 Å². The summed E-state index contributed by atoms with van der Waals surface area (Å²) in [6.45, 7) is 1.17. The van der Waals surface area contributed by atoms with Gasteiger partial charge in [0.25, 0.3) is 5.69 Å². The van der Waals surface area contributed by atoms with Crippen molar-refractivity contribution in [2.75, 3.05) is 20.1 Å². The van der Waals surface area contributed by atoms with Crippen LogP contribution in [0.5, 0.6) is 0 Å². The standard InChI is InChI=1S/C19H16N6O2/c1-24-7-6-14-15(8-20)18(23)19(10-21,11-22)17(16(14)9-24)12-2-4-13(5-3-12)25(26)27/h2-6,16-17H,7,9,23H2,1H3/t16-,17+/m1/s1. The molecule has 0 amide bonds. The van der Waals surface area contributed by atoms with Gasteiger partial charge in [-0.05, 0) is 18.2 Å². The van der Waals surface area contributed by atoms with Crippen LogP contribution in [-0.2, 0) is 0 Å². The van der Waals surface area contributed by atoms with E-state index in [1.165, 1.54) is 12.1 Å². The molecule has 0 spiro atoms. The van der Waals surface area contributed by atoms with Crippen molar-refractivity contribution >= 4 is 5.69 Å². The van der Waals surface area contributed by atoms with Crippen LogP contribution in [0.25, 0.3) is 0 Å². The number of nitro groups is 1. The quantitative estimate of drug-likeness (QED) is 0.627. The predicted octanol–water partition coefficient (Wildman–Crippen LogP) is 1.95. The Bertz CT molecular complexity index is 973. The summed E-state index contributed by atoms with van der Waals surface area (Å²) in [5.74, 6) is -0.939. The number of fused-ring (bicyclic) bond motifs is 1. The van der Waals surface area contributed by atoms with Crippen LogP contribution in [0.3, 0.4) is 0 Å². The van der Waals surface area contributed by atoms with Crippen LogP contribution in [-0.4, -0.2) is 30.0 Å². The maximum absolute atomic E-state index is 11.0. The smallest absolute Gasteiger partial charge is 0.269 e. The normalized spacial score (nSPS) is 24.0. The van der Waals surface area contributed by atoms with Crippen LogP contribution in [0, 0.1) is 55.4 Å². The molecule has 0 bridgehead atoms. The number of hydrogen-bond acceptors (Lipinski definition) is 7. The van der Waals surface area contributed by atoms with Crippen molar-refractivity contribution in [1.29, 1.82) is 15.8 Å². The van der Waals surface area contributed by atoms with E-state index < -0.39 is 16.3 Å². The molecule has 8 heteroatoms. The minimum atomic E-state index is -1.72. The molecule has 2 N–H and O–H groups in total. The molecule has 3 rings (SSSR count). The summed E-state index contributed by atoms with van der Waals surface area (Å²) in [7, 11) is 1.91. The fourth-order valence-electron chi connectivity index (χ4n) is 4.00. The largest absolute Gasteiger partial charge is 0.399 e. The molecule has 1 aromatic carbocycles. The molecule has 1 aliphatic carbocycles. The van der Waals surface area contributed by atoms with Crippen molar-refractivity contribution in [3.05, 3.63) is 62.9 Å². The van der Waals surface area contributed by atoms with Crippen molar-refractivity contribution in [3.63, 3.8) is 0 Å². The first-order valence-electron chi connectivity index (χ1n) is 8.25. The summed E-state index contributed by atoms with van der Waals surface area (Å²) in [6, 6.07) is 12.0. The lowest BCUT2D eigenvalue weighted by Crippen LogP contribution is -2.47. The molecular formula is C19H16N6O2. The molecule has 0 aromatic heterocycles. The molecule has 2 atom stereocenters. The number of hydrogen-bond donors (Lipinski definition) is 1. The highest BCUT2D eigenvalue weighted by Crippen LogP contribution is 2.54. The molecule has 0 saturated carbocycles. The fourth-order valence-corrected chi connectivity index (χ4v) is 4.00. The zero-order valence-electron chi connectivity index (χ0n) is 14.6. The summed E-state index contributed by atoms with van der Waals surface area (Å²) >= 11 is 0. The molecule has 0 unspecified atom stereocenters. The van der Waals surface area contributed by atoms with Gasteiger partial charge < -0.3 is 10.6 Å². The predicted molar refractivity (Wildman–Crippen MR) is 95.4 cm³/mol. The van der Waals surface area contributed by atoms with Gasteiger partial charge >= 0.3 is 0 Å². The molecule has 1 aromatic rings. The Kier molecular flexibility index (Phi) is 4.41. The second-order valence-electron chi connectivity index (χ2n) is 6.75. The van der Waals surface area contributed by atoms with E-state index in [1.807, 2.05) is 30.2 Å². The Morgan fingerprint density at radius 2 is 1.89 bits per heavy atom. The third-order valence-electron chi connectivity index (χ3n) is 5.31. The minimum Gasteiger partial charge on any atom is -0.399 e. The van der Waals surface area contributed by atoms with E-state index in [2.05, 4.69) is 6.07 Å². The summed E-state index contributed by atoms with van der Waals surface area (Å²) in [5.41, 5.74) is 5.87. The van der Waals surface area contributed by atoms with E-state index in [4.69, 9.17) is 5.73 Å². The third kappa shape index (κ3) is 2.62.